The third kappa shape index (κ3) is 2.41. The molecule has 5 heteroatoms. The van der Waals surface area contributed by atoms with Gasteiger partial charge in [0, 0.05) is 23.5 Å². The first-order valence-corrected chi connectivity index (χ1v) is 6.78. The molecule has 3 rings (SSSR count). The van der Waals surface area contributed by atoms with E-state index in [-0.39, 0.29) is 23.5 Å². The van der Waals surface area contributed by atoms with Crippen LogP contribution in [0.15, 0.2) is 22.6 Å². The molecule has 1 unspecified atom stereocenters. The van der Waals surface area contributed by atoms with Crippen molar-refractivity contribution in [1.82, 2.24) is 5.32 Å². The molecule has 2 aromatic rings. The molecule has 3 N–H and O–H groups in total. The SMILES string of the molecule is Cc1c(C(=O)NCC(N)C2CC2)oc2ccc(F)cc12. The van der Waals surface area contributed by atoms with Crippen molar-refractivity contribution in [2.75, 3.05) is 6.54 Å². The van der Waals surface area contributed by atoms with Gasteiger partial charge >= 0.3 is 0 Å². The van der Waals surface area contributed by atoms with Crippen molar-refractivity contribution in [2.24, 2.45) is 11.7 Å². The smallest absolute Gasteiger partial charge is 0.287 e. The molecule has 1 atom stereocenters. The fraction of sp³-hybridized carbons (Fsp3) is 0.400. The number of fused-ring (bicyclic) bond motifs is 1. The van der Waals surface area contributed by atoms with Gasteiger partial charge in [0.25, 0.3) is 5.91 Å². The van der Waals surface area contributed by atoms with Crippen LogP contribution < -0.4 is 11.1 Å². The molecule has 0 radical (unpaired) electrons. The molecule has 1 heterocycles. The van der Waals surface area contributed by atoms with Crippen LogP contribution in [0.2, 0.25) is 0 Å². The summed E-state index contributed by atoms with van der Waals surface area (Å²) < 4.78 is 18.7. The van der Waals surface area contributed by atoms with Gasteiger partial charge in [-0.15, -0.1) is 0 Å². The van der Waals surface area contributed by atoms with Gasteiger partial charge in [-0.2, -0.15) is 0 Å². The molecule has 1 aromatic carbocycles. The zero-order valence-electron chi connectivity index (χ0n) is 11.3. The van der Waals surface area contributed by atoms with Crippen LogP contribution in [0.3, 0.4) is 0 Å². The second-order valence-corrected chi connectivity index (χ2v) is 5.41. The summed E-state index contributed by atoms with van der Waals surface area (Å²) in [7, 11) is 0. The standard InChI is InChI=1S/C15H17FN2O2/c1-8-11-6-10(16)4-5-13(11)20-14(8)15(19)18-7-12(17)9-2-3-9/h4-6,9,12H,2-3,7,17H2,1H3,(H,18,19). The Hall–Kier alpha value is -1.88. The largest absolute Gasteiger partial charge is 0.451 e. The molecule has 1 aromatic heterocycles. The summed E-state index contributed by atoms with van der Waals surface area (Å²) in [4.78, 5) is 12.1. The zero-order chi connectivity index (χ0) is 14.3. The average Bonchev–Trinajstić information content (AvgIpc) is 3.22. The molecular weight excluding hydrogens is 259 g/mol. The Morgan fingerprint density at radius 2 is 2.30 bits per heavy atom. The van der Waals surface area contributed by atoms with E-state index >= 15 is 0 Å². The van der Waals surface area contributed by atoms with Gasteiger partial charge in [-0.1, -0.05) is 0 Å². The summed E-state index contributed by atoms with van der Waals surface area (Å²) in [5, 5.41) is 3.41. The Morgan fingerprint density at radius 1 is 1.55 bits per heavy atom. The highest BCUT2D eigenvalue weighted by Gasteiger charge is 2.29. The number of hydrogen-bond acceptors (Lipinski definition) is 3. The third-order valence-electron chi connectivity index (χ3n) is 3.83. The lowest BCUT2D eigenvalue weighted by molar-refractivity contribution is 0.0924. The minimum absolute atomic E-state index is 0.000999. The maximum Gasteiger partial charge on any atom is 0.287 e. The van der Waals surface area contributed by atoms with Crippen LogP contribution in [-0.2, 0) is 0 Å². The Bertz CT molecular complexity index is 661. The molecule has 1 saturated carbocycles. The van der Waals surface area contributed by atoms with Crippen LogP contribution >= 0.6 is 0 Å². The molecular formula is C15H17FN2O2. The summed E-state index contributed by atoms with van der Waals surface area (Å²) >= 11 is 0. The summed E-state index contributed by atoms with van der Waals surface area (Å²) in [6.45, 7) is 2.19. The number of nitrogens with one attached hydrogen (secondary N) is 1. The monoisotopic (exact) mass is 276 g/mol. The fourth-order valence-corrected chi connectivity index (χ4v) is 2.39. The first-order valence-electron chi connectivity index (χ1n) is 6.78. The number of carbonyl (C=O) groups excluding carboxylic acids is 1. The number of furan rings is 1. The normalized spacial score (nSPS) is 16.4. The number of carbonyl (C=O) groups is 1. The number of benzene rings is 1. The second-order valence-electron chi connectivity index (χ2n) is 5.41. The van der Waals surface area contributed by atoms with E-state index in [1.807, 2.05) is 0 Å². The van der Waals surface area contributed by atoms with Gasteiger partial charge in [0.05, 0.1) is 0 Å². The highest BCUT2D eigenvalue weighted by molar-refractivity contribution is 5.98. The van der Waals surface area contributed by atoms with Crippen molar-refractivity contribution in [3.8, 4) is 0 Å². The average molecular weight is 276 g/mol. The highest BCUT2D eigenvalue weighted by atomic mass is 19.1. The molecule has 106 valence electrons. The summed E-state index contributed by atoms with van der Waals surface area (Å²) in [6, 6.07) is 4.22. The van der Waals surface area contributed by atoms with Gasteiger partial charge in [0.15, 0.2) is 5.76 Å². The molecule has 0 saturated heterocycles. The lowest BCUT2D eigenvalue weighted by atomic mass is 10.1. The van der Waals surface area contributed by atoms with Crippen LogP contribution in [0.1, 0.15) is 29.0 Å². The number of halogens is 1. The molecule has 4 nitrogen and oxygen atoms in total. The van der Waals surface area contributed by atoms with E-state index in [0.29, 0.717) is 29.0 Å². The second kappa shape index (κ2) is 4.90. The van der Waals surface area contributed by atoms with Gasteiger partial charge in [-0.25, -0.2) is 4.39 Å². The van der Waals surface area contributed by atoms with Gasteiger partial charge in [-0.3, -0.25) is 4.79 Å². The number of nitrogens with two attached hydrogens (primary N) is 1. The summed E-state index contributed by atoms with van der Waals surface area (Å²) in [5.41, 5.74) is 7.11. The molecule has 20 heavy (non-hydrogen) atoms. The van der Waals surface area contributed by atoms with Crippen molar-refractivity contribution in [2.45, 2.75) is 25.8 Å². The van der Waals surface area contributed by atoms with Crippen molar-refractivity contribution in [3.05, 3.63) is 35.3 Å². The summed E-state index contributed by atoms with van der Waals surface area (Å²) in [5.74, 6) is 0.120. The predicted octanol–water partition coefficient (Wildman–Crippen LogP) is 2.35. The lowest BCUT2D eigenvalue weighted by Crippen LogP contribution is -2.38. The van der Waals surface area contributed by atoms with Crippen LogP contribution in [0.4, 0.5) is 4.39 Å². The van der Waals surface area contributed by atoms with Crippen molar-refractivity contribution in [1.29, 1.82) is 0 Å². The molecule has 1 amide bonds. The number of aryl methyl sites for hydroxylation is 1. The molecule has 0 bridgehead atoms. The van der Waals surface area contributed by atoms with Crippen molar-refractivity contribution in [3.63, 3.8) is 0 Å². The Balaban J connectivity index is 1.78. The Kier molecular flexibility index (Phi) is 3.22. The van der Waals surface area contributed by atoms with E-state index in [1.54, 1.807) is 6.92 Å². The minimum Gasteiger partial charge on any atom is -0.451 e. The van der Waals surface area contributed by atoms with Crippen molar-refractivity contribution < 1.29 is 13.6 Å². The maximum atomic E-state index is 13.2. The van der Waals surface area contributed by atoms with E-state index in [0.717, 1.165) is 12.8 Å². The van der Waals surface area contributed by atoms with Gasteiger partial charge in [0.2, 0.25) is 0 Å². The molecule has 0 spiro atoms. The number of amides is 1. The van der Waals surface area contributed by atoms with Gasteiger partial charge in [0.1, 0.15) is 11.4 Å². The van der Waals surface area contributed by atoms with E-state index in [9.17, 15) is 9.18 Å². The number of rotatable bonds is 4. The Labute approximate surface area is 116 Å². The summed E-state index contributed by atoms with van der Waals surface area (Å²) in [6.07, 6.45) is 2.28. The van der Waals surface area contributed by atoms with E-state index in [1.165, 1.54) is 18.2 Å². The van der Waals surface area contributed by atoms with Crippen molar-refractivity contribution >= 4 is 16.9 Å². The van der Waals surface area contributed by atoms with Crippen LogP contribution in [0, 0.1) is 18.7 Å². The first-order chi connectivity index (χ1) is 9.56. The zero-order valence-corrected chi connectivity index (χ0v) is 11.3. The predicted molar refractivity (Wildman–Crippen MR) is 73.9 cm³/mol. The minimum atomic E-state index is -0.343. The van der Waals surface area contributed by atoms with Crippen LogP contribution in [0.5, 0.6) is 0 Å². The van der Waals surface area contributed by atoms with Gasteiger partial charge < -0.3 is 15.5 Å². The third-order valence-corrected chi connectivity index (χ3v) is 3.83. The van der Waals surface area contributed by atoms with E-state index < -0.39 is 0 Å². The van der Waals surface area contributed by atoms with E-state index in [2.05, 4.69) is 5.32 Å². The van der Waals surface area contributed by atoms with Crippen LogP contribution in [-0.4, -0.2) is 18.5 Å². The molecule has 0 aliphatic heterocycles. The first kappa shape index (κ1) is 13.1. The van der Waals surface area contributed by atoms with Gasteiger partial charge in [-0.05, 0) is 43.9 Å². The number of hydrogen-bond donors (Lipinski definition) is 2. The quantitative estimate of drug-likeness (QED) is 0.900. The lowest BCUT2D eigenvalue weighted by Gasteiger charge is -2.10. The van der Waals surface area contributed by atoms with Crippen LogP contribution in [0.25, 0.3) is 11.0 Å². The topological polar surface area (TPSA) is 68.3 Å². The van der Waals surface area contributed by atoms with E-state index in [4.69, 9.17) is 10.2 Å². The molecule has 1 aliphatic carbocycles. The Morgan fingerprint density at radius 3 is 3.00 bits per heavy atom. The molecule has 1 fully saturated rings. The highest BCUT2D eigenvalue weighted by Crippen LogP contribution is 2.31. The maximum absolute atomic E-state index is 13.2. The fourth-order valence-electron chi connectivity index (χ4n) is 2.39. The molecule has 1 aliphatic rings.